The van der Waals surface area contributed by atoms with E-state index in [1.54, 1.807) is 11.3 Å². The molecular weight excluding hydrogens is 350 g/mol. The fourth-order valence-corrected chi connectivity index (χ4v) is 3.82. The Labute approximate surface area is 154 Å². The van der Waals surface area contributed by atoms with Crippen LogP contribution in [-0.4, -0.2) is 16.6 Å². The molecule has 0 aliphatic carbocycles. The first-order valence-corrected chi connectivity index (χ1v) is 9.50. The van der Waals surface area contributed by atoms with Gasteiger partial charge in [0.2, 0.25) is 5.91 Å². The van der Waals surface area contributed by atoms with Gasteiger partial charge in [0.25, 0.3) is 0 Å². The molecule has 0 saturated heterocycles. The van der Waals surface area contributed by atoms with Gasteiger partial charge < -0.3 is 5.32 Å². The molecule has 3 rings (SSSR count). The number of carbonyl (C=O) groups is 1. The SMILES string of the molecule is N#CCc1ccc(NC(=O)CSc2nc(-c3ccccc3)cs2)cc1. The standard InChI is InChI=1S/C19H15N3OS2/c20-11-10-14-6-8-16(9-7-14)21-18(23)13-25-19-22-17(12-24-19)15-4-2-1-3-5-15/h1-9,12H,10,13H2,(H,21,23). The summed E-state index contributed by atoms with van der Waals surface area (Å²) in [4.78, 5) is 16.6. The number of aromatic nitrogens is 1. The lowest BCUT2D eigenvalue weighted by molar-refractivity contribution is -0.113. The molecule has 0 fully saturated rings. The molecule has 0 spiro atoms. The fourth-order valence-electron chi connectivity index (χ4n) is 2.19. The van der Waals surface area contributed by atoms with Crippen LogP contribution in [0.5, 0.6) is 0 Å². The number of benzene rings is 2. The van der Waals surface area contributed by atoms with Gasteiger partial charge in [-0.1, -0.05) is 54.2 Å². The summed E-state index contributed by atoms with van der Waals surface area (Å²) < 4.78 is 0.873. The number of thiazole rings is 1. The minimum absolute atomic E-state index is 0.0745. The summed E-state index contributed by atoms with van der Waals surface area (Å²) in [5, 5.41) is 13.5. The summed E-state index contributed by atoms with van der Waals surface area (Å²) in [5.41, 5.74) is 3.68. The molecule has 0 aliphatic heterocycles. The van der Waals surface area contributed by atoms with E-state index in [4.69, 9.17) is 5.26 Å². The maximum absolute atomic E-state index is 12.1. The van der Waals surface area contributed by atoms with Crippen LogP contribution >= 0.6 is 23.1 Å². The molecule has 0 radical (unpaired) electrons. The average Bonchev–Trinajstić information content (AvgIpc) is 3.12. The Hall–Kier alpha value is -2.62. The second-order valence-corrected chi connectivity index (χ2v) is 7.31. The number of nitrogens with zero attached hydrogens (tertiary/aromatic N) is 2. The highest BCUT2D eigenvalue weighted by Gasteiger charge is 2.08. The molecule has 1 amide bonds. The summed E-state index contributed by atoms with van der Waals surface area (Å²) in [6.07, 6.45) is 0.373. The van der Waals surface area contributed by atoms with Crippen molar-refractivity contribution in [1.29, 1.82) is 5.26 Å². The van der Waals surface area contributed by atoms with E-state index in [0.29, 0.717) is 12.2 Å². The molecule has 0 bridgehead atoms. The van der Waals surface area contributed by atoms with Crippen molar-refractivity contribution in [2.24, 2.45) is 0 Å². The van der Waals surface area contributed by atoms with Crippen LogP contribution in [0.1, 0.15) is 5.56 Å². The highest BCUT2D eigenvalue weighted by Crippen LogP contribution is 2.28. The maximum atomic E-state index is 12.1. The van der Waals surface area contributed by atoms with E-state index in [-0.39, 0.29) is 5.91 Å². The monoisotopic (exact) mass is 365 g/mol. The van der Waals surface area contributed by atoms with Gasteiger partial charge in [0, 0.05) is 16.6 Å². The lowest BCUT2D eigenvalue weighted by Crippen LogP contribution is -2.13. The first-order chi connectivity index (χ1) is 12.2. The Morgan fingerprint density at radius 2 is 1.92 bits per heavy atom. The van der Waals surface area contributed by atoms with Crippen molar-refractivity contribution in [1.82, 2.24) is 4.98 Å². The van der Waals surface area contributed by atoms with Gasteiger partial charge in [-0.15, -0.1) is 11.3 Å². The van der Waals surface area contributed by atoms with E-state index in [2.05, 4.69) is 16.4 Å². The van der Waals surface area contributed by atoms with Gasteiger partial charge in [0.05, 0.1) is 23.9 Å². The van der Waals surface area contributed by atoms with Crippen molar-refractivity contribution in [3.8, 4) is 17.3 Å². The summed E-state index contributed by atoms with van der Waals surface area (Å²) >= 11 is 2.97. The van der Waals surface area contributed by atoms with Crippen LogP contribution in [0.3, 0.4) is 0 Å². The van der Waals surface area contributed by atoms with Gasteiger partial charge >= 0.3 is 0 Å². The zero-order chi connectivity index (χ0) is 17.5. The third kappa shape index (κ3) is 4.92. The number of nitriles is 1. The van der Waals surface area contributed by atoms with Crippen LogP contribution in [-0.2, 0) is 11.2 Å². The van der Waals surface area contributed by atoms with Crippen LogP contribution in [0.15, 0.2) is 64.3 Å². The van der Waals surface area contributed by atoms with E-state index >= 15 is 0 Å². The third-order valence-corrected chi connectivity index (χ3v) is 5.42. The van der Waals surface area contributed by atoms with Crippen molar-refractivity contribution < 1.29 is 4.79 Å². The van der Waals surface area contributed by atoms with E-state index < -0.39 is 0 Å². The van der Waals surface area contributed by atoms with Crippen LogP contribution < -0.4 is 5.32 Å². The van der Waals surface area contributed by atoms with Gasteiger partial charge in [0.15, 0.2) is 4.34 Å². The Kier molecular flexibility index (Phi) is 5.83. The first kappa shape index (κ1) is 17.2. The zero-order valence-electron chi connectivity index (χ0n) is 13.3. The van der Waals surface area contributed by atoms with Crippen molar-refractivity contribution in [3.63, 3.8) is 0 Å². The Balaban J connectivity index is 1.52. The maximum Gasteiger partial charge on any atom is 0.234 e. The van der Waals surface area contributed by atoms with Crippen LogP contribution in [0.25, 0.3) is 11.3 Å². The van der Waals surface area contributed by atoms with Crippen molar-refractivity contribution in [3.05, 3.63) is 65.5 Å². The summed E-state index contributed by atoms with van der Waals surface area (Å²) in [7, 11) is 0. The van der Waals surface area contributed by atoms with Gasteiger partial charge in [-0.05, 0) is 17.7 Å². The molecule has 0 atom stereocenters. The molecule has 3 aromatic rings. The Morgan fingerprint density at radius 1 is 1.16 bits per heavy atom. The van der Waals surface area contributed by atoms with Gasteiger partial charge in [-0.25, -0.2) is 4.98 Å². The third-order valence-electron chi connectivity index (χ3n) is 3.40. The van der Waals surface area contributed by atoms with Crippen LogP contribution in [0, 0.1) is 11.3 Å². The molecule has 4 nitrogen and oxygen atoms in total. The second-order valence-electron chi connectivity index (χ2n) is 5.23. The molecule has 6 heteroatoms. The molecule has 1 heterocycles. The minimum Gasteiger partial charge on any atom is -0.325 e. The van der Waals surface area contributed by atoms with E-state index in [1.165, 1.54) is 11.8 Å². The number of nitrogens with one attached hydrogen (secondary N) is 1. The lowest BCUT2D eigenvalue weighted by atomic mass is 10.1. The first-order valence-electron chi connectivity index (χ1n) is 7.64. The van der Waals surface area contributed by atoms with E-state index in [9.17, 15) is 4.79 Å². The van der Waals surface area contributed by atoms with Gasteiger partial charge in [-0.3, -0.25) is 4.79 Å². The molecular formula is C19H15N3OS2. The summed E-state index contributed by atoms with van der Waals surface area (Å²) in [5.74, 6) is 0.233. The smallest absolute Gasteiger partial charge is 0.234 e. The lowest BCUT2D eigenvalue weighted by Gasteiger charge is -2.04. The van der Waals surface area contributed by atoms with Crippen molar-refractivity contribution in [2.45, 2.75) is 10.8 Å². The van der Waals surface area contributed by atoms with E-state index in [1.807, 2.05) is 60.0 Å². The van der Waals surface area contributed by atoms with Gasteiger partial charge in [0.1, 0.15) is 0 Å². The Bertz CT molecular complexity index is 883. The summed E-state index contributed by atoms with van der Waals surface area (Å²) in [6.45, 7) is 0. The molecule has 1 aromatic heterocycles. The van der Waals surface area contributed by atoms with Crippen LogP contribution in [0.4, 0.5) is 5.69 Å². The van der Waals surface area contributed by atoms with E-state index in [0.717, 1.165) is 26.8 Å². The number of amides is 1. The molecule has 124 valence electrons. The van der Waals surface area contributed by atoms with Crippen molar-refractivity contribution in [2.75, 3.05) is 11.1 Å². The fraction of sp³-hybridized carbons (Fsp3) is 0.105. The number of carbonyl (C=O) groups excluding carboxylic acids is 1. The highest BCUT2D eigenvalue weighted by molar-refractivity contribution is 8.01. The number of thioether (sulfide) groups is 1. The van der Waals surface area contributed by atoms with Crippen molar-refractivity contribution >= 4 is 34.7 Å². The Morgan fingerprint density at radius 3 is 2.64 bits per heavy atom. The average molecular weight is 365 g/mol. The molecule has 0 saturated carbocycles. The number of hydrogen-bond acceptors (Lipinski definition) is 5. The topological polar surface area (TPSA) is 65.8 Å². The normalized spacial score (nSPS) is 10.2. The molecule has 0 aliphatic rings. The quantitative estimate of drug-likeness (QED) is 0.648. The predicted octanol–water partition coefficient (Wildman–Crippen LogP) is 4.61. The molecule has 1 N–H and O–H groups in total. The van der Waals surface area contributed by atoms with Gasteiger partial charge in [-0.2, -0.15) is 5.26 Å². The molecule has 2 aromatic carbocycles. The summed E-state index contributed by atoms with van der Waals surface area (Å²) in [6, 6.07) is 19.4. The zero-order valence-corrected chi connectivity index (χ0v) is 14.9. The van der Waals surface area contributed by atoms with Crippen LogP contribution in [0.2, 0.25) is 0 Å². The highest BCUT2D eigenvalue weighted by atomic mass is 32.2. The number of rotatable bonds is 6. The predicted molar refractivity (Wildman–Crippen MR) is 103 cm³/mol. The number of hydrogen-bond donors (Lipinski definition) is 1. The largest absolute Gasteiger partial charge is 0.325 e. The molecule has 25 heavy (non-hydrogen) atoms. The second kappa shape index (κ2) is 8.47. The molecule has 0 unspecified atom stereocenters. The number of anilines is 1. The minimum atomic E-state index is -0.0745.